The number of amidine groups is 1. The number of nitrogens with one attached hydrogen (secondary N) is 1. The van der Waals surface area contributed by atoms with Crippen molar-refractivity contribution in [1.82, 2.24) is 5.48 Å². The van der Waals surface area contributed by atoms with Crippen molar-refractivity contribution in [3.05, 3.63) is 29.3 Å². The minimum Gasteiger partial charge on any atom is -0.497 e. The van der Waals surface area contributed by atoms with Gasteiger partial charge in [-0.25, -0.2) is 5.48 Å². The third-order valence-corrected chi connectivity index (χ3v) is 1.89. The Hall–Kier alpha value is -1.75. The molecule has 0 fully saturated rings. The molecule has 14 heavy (non-hydrogen) atoms. The summed E-state index contributed by atoms with van der Waals surface area (Å²) in [5.74, 6) is 0.714. The maximum Gasteiger partial charge on any atom is 0.196 e. The topological polar surface area (TPSA) is 74.1 Å². The maximum absolute atomic E-state index is 8.66. The second-order valence-electron chi connectivity index (χ2n) is 2.74. The molecule has 0 aromatic heterocycles. The SMILES string of the molecule is COc1ccc(C(=NO)NO)c(C)c1. The maximum atomic E-state index is 8.66. The van der Waals surface area contributed by atoms with Gasteiger partial charge in [-0.15, -0.1) is 0 Å². The summed E-state index contributed by atoms with van der Waals surface area (Å²) < 4.78 is 5.01. The summed E-state index contributed by atoms with van der Waals surface area (Å²) in [5, 5.41) is 20.1. The number of aryl methyl sites for hydroxylation is 1. The van der Waals surface area contributed by atoms with Crippen molar-refractivity contribution < 1.29 is 15.2 Å². The standard InChI is InChI=1S/C9H12N2O3/c1-6-5-7(14-2)3-4-8(6)9(10-12)11-13/h3-5,12-13H,1-2H3,(H,10,11). The first-order chi connectivity index (χ1) is 6.72. The third kappa shape index (κ3) is 1.94. The van der Waals surface area contributed by atoms with Crippen LogP contribution in [0.2, 0.25) is 0 Å². The number of ether oxygens (including phenoxy) is 1. The van der Waals surface area contributed by atoms with Gasteiger partial charge in [-0.3, -0.25) is 5.21 Å². The Morgan fingerprint density at radius 3 is 2.64 bits per heavy atom. The Bertz CT molecular complexity index is 350. The molecule has 0 aliphatic carbocycles. The van der Waals surface area contributed by atoms with E-state index in [0.717, 1.165) is 5.56 Å². The fourth-order valence-electron chi connectivity index (χ4n) is 1.17. The van der Waals surface area contributed by atoms with Crippen molar-refractivity contribution in [2.45, 2.75) is 6.92 Å². The van der Waals surface area contributed by atoms with Gasteiger partial charge in [-0.2, -0.15) is 0 Å². The van der Waals surface area contributed by atoms with E-state index in [2.05, 4.69) is 5.16 Å². The van der Waals surface area contributed by atoms with Gasteiger partial charge in [-0.05, 0) is 30.7 Å². The fraction of sp³-hybridized carbons (Fsp3) is 0.222. The molecule has 0 saturated heterocycles. The molecule has 0 bridgehead atoms. The number of hydrogen-bond acceptors (Lipinski definition) is 4. The van der Waals surface area contributed by atoms with E-state index in [1.165, 1.54) is 0 Å². The molecule has 1 rings (SSSR count). The molecule has 0 atom stereocenters. The van der Waals surface area contributed by atoms with E-state index >= 15 is 0 Å². The minimum atomic E-state index is 0.00477. The first-order valence-electron chi connectivity index (χ1n) is 4.00. The molecule has 0 saturated carbocycles. The smallest absolute Gasteiger partial charge is 0.196 e. The predicted molar refractivity (Wildman–Crippen MR) is 51.0 cm³/mol. The summed E-state index contributed by atoms with van der Waals surface area (Å²) in [5.41, 5.74) is 3.24. The van der Waals surface area contributed by atoms with Gasteiger partial charge in [0.25, 0.3) is 0 Å². The van der Waals surface area contributed by atoms with Gasteiger partial charge in [0.15, 0.2) is 5.84 Å². The lowest BCUT2D eigenvalue weighted by atomic mass is 10.1. The van der Waals surface area contributed by atoms with Crippen LogP contribution in [0.5, 0.6) is 5.75 Å². The van der Waals surface area contributed by atoms with Gasteiger partial charge >= 0.3 is 0 Å². The van der Waals surface area contributed by atoms with Crippen molar-refractivity contribution in [1.29, 1.82) is 0 Å². The summed E-state index contributed by atoms with van der Waals surface area (Å²) in [7, 11) is 1.57. The van der Waals surface area contributed by atoms with E-state index < -0.39 is 0 Å². The zero-order valence-corrected chi connectivity index (χ0v) is 7.98. The number of benzene rings is 1. The van der Waals surface area contributed by atoms with Gasteiger partial charge < -0.3 is 9.94 Å². The second-order valence-corrected chi connectivity index (χ2v) is 2.74. The minimum absolute atomic E-state index is 0.00477. The molecule has 0 heterocycles. The Labute approximate surface area is 81.6 Å². The van der Waals surface area contributed by atoms with Gasteiger partial charge in [0.05, 0.1) is 7.11 Å². The Morgan fingerprint density at radius 1 is 1.50 bits per heavy atom. The molecule has 5 nitrogen and oxygen atoms in total. The molecule has 3 N–H and O–H groups in total. The summed E-state index contributed by atoms with van der Waals surface area (Å²) in [6, 6.07) is 5.18. The average Bonchev–Trinajstić information content (AvgIpc) is 2.22. The highest BCUT2D eigenvalue weighted by Gasteiger charge is 2.07. The van der Waals surface area contributed by atoms with Crippen LogP contribution in [0.1, 0.15) is 11.1 Å². The van der Waals surface area contributed by atoms with Crippen LogP contribution in [0.3, 0.4) is 0 Å². The van der Waals surface area contributed by atoms with Gasteiger partial charge in [0.2, 0.25) is 0 Å². The highest BCUT2D eigenvalue weighted by atomic mass is 16.5. The van der Waals surface area contributed by atoms with Gasteiger partial charge in [0.1, 0.15) is 5.75 Å². The van der Waals surface area contributed by atoms with E-state index in [1.54, 1.807) is 30.8 Å². The number of nitrogens with zero attached hydrogens (tertiary/aromatic N) is 1. The first-order valence-corrected chi connectivity index (χ1v) is 4.00. The van der Waals surface area contributed by atoms with Crippen molar-refractivity contribution >= 4 is 5.84 Å². The first kappa shape index (κ1) is 10.3. The molecule has 0 radical (unpaired) electrons. The van der Waals surface area contributed by atoms with Crippen LogP contribution in [-0.2, 0) is 0 Å². The molecular weight excluding hydrogens is 184 g/mol. The number of methoxy groups -OCH3 is 1. The second kappa shape index (κ2) is 4.48. The molecular formula is C9H12N2O3. The molecule has 1 aromatic rings. The number of hydroxylamine groups is 1. The van der Waals surface area contributed by atoms with Crippen molar-refractivity contribution in [2.24, 2.45) is 5.16 Å². The van der Waals surface area contributed by atoms with Crippen LogP contribution in [0.25, 0.3) is 0 Å². The highest BCUT2D eigenvalue weighted by molar-refractivity contribution is 5.98. The highest BCUT2D eigenvalue weighted by Crippen LogP contribution is 2.16. The zero-order valence-electron chi connectivity index (χ0n) is 7.98. The van der Waals surface area contributed by atoms with Crippen LogP contribution in [0, 0.1) is 6.92 Å². The monoisotopic (exact) mass is 196 g/mol. The average molecular weight is 196 g/mol. The normalized spacial score (nSPS) is 11.2. The molecule has 0 aliphatic heterocycles. The third-order valence-electron chi connectivity index (χ3n) is 1.89. The molecule has 0 aliphatic rings. The summed E-state index contributed by atoms with van der Waals surface area (Å²) in [6.07, 6.45) is 0. The van der Waals surface area contributed by atoms with Crippen molar-refractivity contribution in [2.75, 3.05) is 7.11 Å². The van der Waals surface area contributed by atoms with Crippen molar-refractivity contribution in [3.63, 3.8) is 0 Å². The summed E-state index contributed by atoms with van der Waals surface area (Å²) >= 11 is 0. The molecule has 0 spiro atoms. The van der Waals surface area contributed by atoms with Crippen LogP contribution in [-0.4, -0.2) is 23.4 Å². The summed E-state index contributed by atoms with van der Waals surface area (Å²) in [4.78, 5) is 0. The fourth-order valence-corrected chi connectivity index (χ4v) is 1.17. The molecule has 5 heteroatoms. The van der Waals surface area contributed by atoms with Crippen LogP contribution >= 0.6 is 0 Å². The lowest BCUT2D eigenvalue weighted by molar-refractivity contribution is 0.223. The lowest BCUT2D eigenvalue weighted by Crippen LogP contribution is -2.21. The zero-order chi connectivity index (χ0) is 10.6. The van der Waals surface area contributed by atoms with E-state index in [4.69, 9.17) is 15.2 Å². The summed E-state index contributed by atoms with van der Waals surface area (Å²) in [6.45, 7) is 1.82. The van der Waals surface area contributed by atoms with Gasteiger partial charge in [-0.1, -0.05) is 5.16 Å². The molecule has 1 aromatic carbocycles. The molecule has 0 amide bonds. The molecule has 76 valence electrons. The number of rotatable bonds is 2. The van der Waals surface area contributed by atoms with Crippen molar-refractivity contribution in [3.8, 4) is 5.75 Å². The van der Waals surface area contributed by atoms with E-state index in [9.17, 15) is 0 Å². The van der Waals surface area contributed by atoms with Crippen LogP contribution < -0.4 is 10.2 Å². The number of hydrogen-bond donors (Lipinski definition) is 3. The Balaban J connectivity index is 3.11. The quantitative estimate of drug-likeness (QED) is 0.287. The van der Waals surface area contributed by atoms with Crippen LogP contribution in [0.15, 0.2) is 23.4 Å². The lowest BCUT2D eigenvalue weighted by Gasteiger charge is -2.07. The largest absolute Gasteiger partial charge is 0.497 e. The molecule has 0 unspecified atom stereocenters. The van der Waals surface area contributed by atoms with E-state index in [0.29, 0.717) is 11.3 Å². The van der Waals surface area contributed by atoms with E-state index in [1.807, 2.05) is 6.92 Å². The van der Waals surface area contributed by atoms with Gasteiger partial charge in [0, 0.05) is 5.56 Å². The Kier molecular flexibility index (Phi) is 3.30. The van der Waals surface area contributed by atoms with Crippen LogP contribution in [0.4, 0.5) is 0 Å². The number of oxime groups is 1. The predicted octanol–water partition coefficient (Wildman–Crippen LogP) is 1.12. The van der Waals surface area contributed by atoms with E-state index in [-0.39, 0.29) is 5.84 Å². The Morgan fingerprint density at radius 2 is 2.21 bits per heavy atom.